The van der Waals surface area contributed by atoms with E-state index >= 15 is 0 Å². The number of rotatable bonds is 2. The molecule has 0 aromatic heterocycles. The molecule has 1 N–H and O–H groups in total. The molecule has 1 aromatic carbocycles. The van der Waals surface area contributed by atoms with Crippen LogP contribution in [0.2, 0.25) is 0 Å². The third-order valence-electron chi connectivity index (χ3n) is 3.04. The number of benzene rings is 1. The lowest BCUT2D eigenvalue weighted by Gasteiger charge is -2.17. The Morgan fingerprint density at radius 2 is 2.24 bits per heavy atom. The number of carbonyl (C=O) groups excluding carboxylic acids is 1. The number of carbonyl (C=O) groups is 1. The molecule has 3 nitrogen and oxygen atoms in total. The molecule has 1 aliphatic heterocycles. The first-order chi connectivity index (χ1) is 8.11. The Kier molecular flexibility index (Phi) is 4.22. The molecule has 1 unspecified atom stereocenters. The fourth-order valence-corrected chi connectivity index (χ4v) is 2.79. The van der Waals surface area contributed by atoms with Gasteiger partial charge in [-0.05, 0) is 47.6 Å². The molecule has 17 heavy (non-hydrogen) atoms. The maximum Gasteiger partial charge on any atom is 0.255 e. The van der Waals surface area contributed by atoms with Gasteiger partial charge in [-0.25, -0.2) is 0 Å². The van der Waals surface area contributed by atoms with Gasteiger partial charge in [-0.3, -0.25) is 4.79 Å². The molecule has 1 saturated heterocycles. The molecule has 1 heterocycles. The van der Waals surface area contributed by atoms with Crippen LogP contribution in [0.1, 0.15) is 16.8 Å². The molecule has 1 amide bonds. The van der Waals surface area contributed by atoms with Gasteiger partial charge in [-0.1, -0.05) is 15.9 Å². The predicted molar refractivity (Wildman–Crippen MR) is 75.2 cm³/mol. The highest BCUT2D eigenvalue weighted by atomic mass is 79.9. The fourth-order valence-electron chi connectivity index (χ4n) is 2.01. The summed E-state index contributed by atoms with van der Waals surface area (Å²) in [5.74, 6) is 0.0934. The highest BCUT2D eigenvalue weighted by Crippen LogP contribution is 2.24. The molecule has 1 aliphatic rings. The smallest absolute Gasteiger partial charge is 0.255 e. The van der Waals surface area contributed by atoms with Crippen molar-refractivity contribution in [3.05, 3.63) is 32.7 Å². The number of hydrogen-bond acceptors (Lipinski definition) is 2. The third kappa shape index (κ3) is 2.89. The second-order valence-corrected chi connectivity index (χ2v) is 5.92. The molecule has 0 radical (unpaired) electrons. The number of halogens is 2. The highest BCUT2D eigenvalue weighted by molar-refractivity contribution is 9.11. The normalized spacial score (nSPS) is 19.7. The fraction of sp³-hybridized carbons (Fsp3) is 0.417. The Morgan fingerprint density at radius 3 is 2.88 bits per heavy atom. The summed E-state index contributed by atoms with van der Waals surface area (Å²) in [5, 5.41) is 3.21. The molecule has 1 atom stereocenters. The van der Waals surface area contributed by atoms with Crippen LogP contribution in [0.5, 0.6) is 0 Å². The minimum Gasteiger partial charge on any atom is -0.337 e. The number of likely N-dealkylation sites (N-methyl/N-ethyl adjacent to an activating group) is 1. The largest absolute Gasteiger partial charge is 0.337 e. The van der Waals surface area contributed by atoms with E-state index in [1.54, 1.807) is 0 Å². The zero-order chi connectivity index (χ0) is 12.4. The second kappa shape index (κ2) is 5.50. The summed E-state index contributed by atoms with van der Waals surface area (Å²) in [4.78, 5) is 14.2. The summed E-state index contributed by atoms with van der Waals surface area (Å²) in [6.07, 6.45) is 1.02. The van der Waals surface area contributed by atoms with E-state index in [9.17, 15) is 4.79 Å². The van der Waals surface area contributed by atoms with Crippen molar-refractivity contribution in [3.63, 3.8) is 0 Å². The van der Waals surface area contributed by atoms with E-state index in [2.05, 4.69) is 37.2 Å². The standard InChI is InChI=1S/C12H14Br2N2O/c1-15-9-4-5-16(7-9)12(17)10-6-8(13)2-3-11(10)14/h2-3,6,9,15H,4-5,7H2,1H3. The second-order valence-electron chi connectivity index (χ2n) is 4.15. The minimum atomic E-state index is 0.0934. The summed E-state index contributed by atoms with van der Waals surface area (Å²) >= 11 is 6.82. The molecule has 92 valence electrons. The molecule has 0 saturated carbocycles. The number of nitrogens with one attached hydrogen (secondary N) is 1. The zero-order valence-corrected chi connectivity index (χ0v) is 12.7. The lowest BCUT2D eigenvalue weighted by molar-refractivity contribution is 0.0788. The van der Waals surface area contributed by atoms with Crippen LogP contribution >= 0.6 is 31.9 Å². The summed E-state index contributed by atoms with van der Waals surface area (Å²) in [5.41, 5.74) is 0.719. The van der Waals surface area contributed by atoms with Crippen molar-refractivity contribution in [1.82, 2.24) is 10.2 Å². The average molecular weight is 362 g/mol. The molecule has 0 spiro atoms. The van der Waals surface area contributed by atoms with Gasteiger partial charge >= 0.3 is 0 Å². The van der Waals surface area contributed by atoms with Crippen molar-refractivity contribution in [2.24, 2.45) is 0 Å². The Labute approximate surface area is 118 Å². The maximum atomic E-state index is 12.3. The van der Waals surface area contributed by atoms with Gasteiger partial charge in [0.05, 0.1) is 5.56 Å². The molecular weight excluding hydrogens is 348 g/mol. The third-order valence-corrected chi connectivity index (χ3v) is 4.23. The lowest BCUT2D eigenvalue weighted by Crippen LogP contribution is -2.33. The van der Waals surface area contributed by atoms with Crippen LogP contribution in [0.4, 0.5) is 0 Å². The Bertz CT molecular complexity index is 437. The van der Waals surface area contributed by atoms with Gasteiger partial charge in [0.15, 0.2) is 0 Å². The summed E-state index contributed by atoms with van der Waals surface area (Å²) in [7, 11) is 1.94. The first kappa shape index (κ1) is 13.1. The summed E-state index contributed by atoms with van der Waals surface area (Å²) < 4.78 is 1.77. The number of amides is 1. The topological polar surface area (TPSA) is 32.3 Å². The number of likely N-dealkylation sites (tertiary alicyclic amines) is 1. The monoisotopic (exact) mass is 360 g/mol. The van der Waals surface area contributed by atoms with Crippen LogP contribution in [-0.4, -0.2) is 37.0 Å². The quantitative estimate of drug-likeness (QED) is 0.878. The van der Waals surface area contributed by atoms with Crippen LogP contribution in [-0.2, 0) is 0 Å². The maximum absolute atomic E-state index is 12.3. The number of hydrogen-bond donors (Lipinski definition) is 1. The van der Waals surface area contributed by atoms with E-state index in [-0.39, 0.29) is 5.91 Å². The van der Waals surface area contributed by atoms with Gasteiger partial charge in [0.2, 0.25) is 0 Å². The molecule has 1 aromatic rings. The van der Waals surface area contributed by atoms with Crippen molar-refractivity contribution in [1.29, 1.82) is 0 Å². The molecule has 1 fully saturated rings. The predicted octanol–water partition coefficient (Wildman–Crippen LogP) is 2.65. The van der Waals surface area contributed by atoms with Crippen molar-refractivity contribution in [3.8, 4) is 0 Å². The molecule has 0 bridgehead atoms. The molecular formula is C12H14Br2N2O. The lowest BCUT2D eigenvalue weighted by atomic mass is 10.2. The zero-order valence-electron chi connectivity index (χ0n) is 9.54. The van der Waals surface area contributed by atoms with Crippen LogP contribution in [0, 0.1) is 0 Å². The van der Waals surface area contributed by atoms with Gasteiger partial charge in [-0.2, -0.15) is 0 Å². The van der Waals surface area contributed by atoms with Crippen LogP contribution in [0.3, 0.4) is 0 Å². The van der Waals surface area contributed by atoms with Gasteiger partial charge in [-0.15, -0.1) is 0 Å². The molecule has 5 heteroatoms. The van der Waals surface area contributed by atoms with Crippen molar-refractivity contribution >= 4 is 37.8 Å². The van der Waals surface area contributed by atoms with Gasteiger partial charge < -0.3 is 10.2 Å². The Balaban J connectivity index is 2.17. The van der Waals surface area contributed by atoms with Crippen LogP contribution in [0.25, 0.3) is 0 Å². The van der Waals surface area contributed by atoms with Gasteiger partial charge in [0.1, 0.15) is 0 Å². The van der Waals surface area contributed by atoms with E-state index < -0.39 is 0 Å². The Hall–Kier alpha value is -0.390. The van der Waals surface area contributed by atoms with Crippen molar-refractivity contribution < 1.29 is 4.79 Å². The first-order valence-corrected chi connectivity index (χ1v) is 7.12. The average Bonchev–Trinajstić information content (AvgIpc) is 2.80. The Morgan fingerprint density at radius 1 is 1.47 bits per heavy atom. The van der Waals surface area contributed by atoms with Gasteiger partial charge in [0, 0.05) is 28.1 Å². The number of nitrogens with zero attached hydrogens (tertiary/aromatic N) is 1. The molecule has 0 aliphatic carbocycles. The van der Waals surface area contributed by atoms with Crippen molar-refractivity contribution in [2.45, 2.75) is 12.5 Å². The SMILES string of the molecule is CNC1CCN(C(=O)c2cc(Br)ccc2Br)C1. The summed E-state index contributed by atoms with van der Waals surface area (Å²) in [6.45, 7) is 1.61. The van der Waals surface area contributed by atoms with E-state index in [0.717, 1.165) is 34.0 Å². The van der Waals surface area contributed by atoms with E-state index in [4.69, 9.17) is 0 Å². The van der Waals surface area contributed by atoms with Crippen molar-refractivity contribution in [2.75, 3.05) is 20.1 Å². The summed E-state index contributed by atoms with van der Waals surface area (Å²) in [6, 6.07) is 6.09. The van der Waals surface area contributed by atoms with Crippen LogP contribution < -0.4 is 5.32 Å². The van der Waals surface area contributed by atoms with E-state index in [0.29, 0.717) is 6.04 Å². The van der Waals surface area contributed by atoms with Crippen LogP contribution in [0.15, 0.2) is 27.1 Å². The minimum absolute atomic E-state index is 0.0934. The molecule has 2 rings (SSSR count). The van der Waals surface area contributed by atoms with Gasteiger partial charge in [0.25, 0.3) is 5.91 Å². The van der Waals surface area contributed by atoms with E-state index in [1.165, 1.54) is 0 Å². The first-order valence-electron chi connectivity index (χ1n) is 5.53. The van der Waals surface area contributed by atoms with E-state index in [1.807, 2.05) is 30.1 Å². The highest BCUT2D eigenvalue weighted by Gasteiger charge is 2.26.